The van der Waals surface area contributed by atoms with Crippen LogP contribution < -0.4 is 14.8 Å². The highest BCUT2D eigenvalue weighted by Gasteiger charge is 2.45. The number of aliphatic carboxylic acids is 1. The van der Waals surface area contributed by atoms with Gasteiger partial charge in [-0.2, -0.15) is 0 Å². The van der Waals surface area contributed by atoms with E-state index >= 15 is 0 Å². The number of hydrogen-bond donors (Lipinski definition) is 2. The summed E-state index contributed by atoms with van der Waals surface area (Å²) in [6.45, 7) is -0.350. The van der Waals surface area contributed by atoms with Gasteiger partial charge in [-0.25, -0.2) is 0 Å². The van der Waals surface area contributed by atoms with E-state index in [1.54, 1.807) is 26.4 Å². The van der Waals surface area contributed by atoms with Crippen LogP contribution in [0.15, 0.2) is 18.2 Å². The van der Waals surface area contributed by atoms with E-state index in [1.807, 2.05) is 6.07 Å². The lowest BCUT2D eigenvalue weighted by molar-refractivity contribution is -0.138. The minimum absolute atomic E-state index is 0.0499. The van der Waals surface area contributed by atoms with Gasteiger partial charge in [-0.1, -0.05) is 0 Å². The highest BCUT2D eigenvalue weighted by Crippen LogP contribution is 2.51. The summed E-state index contributed by atoms with van der Waals surface area (Å²) < 4.78 is 10.5. The average Bonchev–Trinajstić information content (AvgIpc) is 3.24. The molecule has 0 radical (unpaired) electrons. The third kappa shape index (κ3) is 3.01. The molecule has 1 aromatic rings. The van der Waals surface area contributed by atoms with E-state index in [0.717, 1.165) is 5.56 Å². The second-order valence-corrected chi connectivity index (χ2v) is 4.67. The van der Waals surface area contributed by atoms with Crippen molar-refractivity contribution in [3.8, 4) is 11.5 Å². The van der Waals surface area contributed by atoms with E-state index in [9.17, 15) is 9.59 Å². The number of nitrogens with one attached hydrogen (secondary N) is 1. The number of carboxylic acid groups (broad SMARTS) is 1. The van der Waals surface area contributed by atoms with Gasteiger partial charge >= 0.3 is 5.97 Å². The maximum atomic E-state index is 11.8. The molecule has 1 aliphatic carbocycles. The Morgan fingerprint density at radius 2 is 2.10 bits per heavy atom. The molecule has 0 aliphatic heterocycles. The summed E-state index contributed by atoms with van der Waals surface area (Å²) in [4.78, 5) is 22.2. The summed E-state index contributed by atoms with van der Waals surface area (Å²) in [7, 11) is 3.16. The van der Waals surface area contributed by atoms with Crippen molar-refractivity contribution >= 4 is 11.9 Å². The van der Waals surface area contributed by atoms with Crippen molar-refractivity contribution in [2.75, 3.05) is 20.8 Å². The molecule has 2 unspecified atom stereocenters. The van der Waals surface area contributed by atoms with Crippen LogP contribution in [0.25, 0.3) is 0 Å². The molecule has 0 bridgehead atoms. The number of methoxy groups -OCH3 is 2. The fraction of sp³-hybridized carbons (Fsp3) is 0.429. The van der Waals surface area contributed by atoms with Crippen LogP contribution in [0, 0.1) is 5.92 Å². The molecule has 2 rings (SSSR count). The van der Waals surface area contributed by atoms with Crippen LogP contribution in [0.2, 0.25) is 0 Å². The molecule has 0 aromatic heterocycles. The molecule has 1 aromatic carbocycles. The molecule has 6 nitrogen and oxygen atoms in total. The highest BCUT2D eigenvalue weighted by molar-refractivity contribution is 5.86. The van der Waals surface area contributed by atoms with E-state index in [1.165, 1.54) is 0 Å². The normalized spacial score (nSPS) is 20.1. The predicted octanol–water partition coefficient (Wildman–Crippen LogP) is 1.01. The van der Waals surface area contributed by atoms with Gasteiger partial charge in [-0.05, 0) is 24.6 Å². The van der Waals surface area contributed by atoms with Crippen LogP contribution in [-0.4, -0.2) is 37.7 Å². The lowest BCUT2D eigenvalue weighted by Crippen LogP contribution is -2.30. The minimum Gasteiger partial charge on any atom is -0.497 e. The maximum Gasteiger partial charge on any atom is 0.322 e. The third-order valence-corrected chi connectivity index (χ3v) is 3.38. The smallest absolute Gasteiger partial charge is 0.322 e. The molecule has 108 valence electrons. The molecule has 1 saturated carbocycles. The number of ether oxygens (including phenoxy) is 2. The van der Waals surface area contributed by atoms with Gasteiger partial charge < -0.3 is 19.9 Å². The number of carboxylic acids is 1. The number of carbonyl (C=O) groups excluding carboxylic acids is 1. The first-order chi connectivity index (χ1) is 9.56. The summed E-state index contributed by atoms with van der Waals surface area (Å²) in [6, 6.07) is 5.46. The van der Waals surface area contributed by atoms with Crippen molar-refractivity contribution in [1.82, 2.24) is 5.32 Å². The molecule has 1 fully saturated rings. The highest BCUT2D eigenvalue weighted by atomic mass is 16.5. The van der Waals surface area contributed by atoms with Crippen molar-refractivity contribution in [2.24, 2.45) is 5.92 Å². The SMILES string of the molecule is COc1ccc(OC)c(C2CC2C(=O)NCC(=O)O)c1. The summed E-state index contributed by atoms with van der Waals surface area (Å²) in [5.74, 6) is -0.0114. The van der Waals surface area contributed by atoms with Crippen LogP contribution in [0.1, 0.15) is 17.9 Å². The Morgan fingerprint density at radius 3 is 2.70 bits per heavy atom. The molecular formula is C14H17NO5. The number of carbonyl (C=O) groups is 2. The lowest BCUT2D eigenvalue weighted by Gasteiger charge is -2.10. The Bertz CT molecular complexity index is 528. The first kappa shape index (κ1) is 14.2. The zero-order chi connectivity index (χ0) is 14.7. The van der Waals surface area contributed by atoms with Gasteiger partial charge in [-0.15, -0.1) is 0 Å². The molecular weight excluding hydrogens is 262 g/mol. The number of amides is 1. The largest absolute Gasteiger partial charge is 0.497 e. The number of benzene rings is 1. The van der Waals surface area contributed by atoms with Crippen LogP contribution in [0.3, 0.4) is 0 Å². The van der Waals surface area contributed by atoms with Crippen molar-refractivity contribution in [3.05, 3.63) is 23.8 Å². The van der Waals surface area contributed by atoms with Crippen LogP contribution in [-0.2, 0) is 9.59 Å². The average molecular weight is 279 g/mol. The summed E-state index contributed by atoms with van der Waals surface area (Å²) in [5, 5.41) is 10.9. The Labute approximate surface area is 116 Å². The Balaban J connectivity index is 2.07. The van der Waals surface area contributed by atoms with Crippen molar-refractivity contribution in [3.63, 3.8) is 0 Å². The minimum atomic E-state index is -1.05. The molecule has 0 saturated heterocycles. The summed E-state index contributed by atoms with van der Waals surface area (Å²) in [6.07, 6.45) is 0.689. The van der Waals surface area contributed by atoms with Crippen molar-refractivity contribution < 1.29 is 24.2 Å². The lowest BCUT2D eigenvalue weighted by atomic mass is 10.1. The van der Waals surface area contributed by atoms with Gasteiger partial charge in [0.15, 0.2) is 0 Å². The molecule has 2 N–H and O–H groups in total. The quantitative estimate of drug-likeness (QED) is 0.811. The van der Waals surface area contributed by atoms with Gasteiger partial charge in [0.05, 0.1) is 14.2 Å². The molecule has 0 heterocycles. The third-order valence-electron chi connectivity index (χ3n) is 3.38. The second-order valence-electron chi connectivity index (χ2n) is 4.67. The van der Waals surface area contributed by atoms with Gasteiger partial charge in [0.2, 0.25) is 5.91 Å². The predicted molar refractivity (Wildman–Crippen MR) is 71.0 cm³/mol. The zero-order valence-corrected chi connectivity index (χ0v) is 11.4. The fourth-order valence-electron chi connectivity index (χ4n) is 2.25. The molecule has 20 heavy (non-hydrogen) atoms. The van der Waals surface area contributed by atoms with Crippen molar-refractivity contribution in [1.29, 1.82) is 0 Å². The topological polar surface area (TPSA) is 84.9 Å². The van der Waals surface area contributed by atoms with E-state index in [4.69, 9.17) is 14.6 Å². The Kier molecular flexibility index (Phi) is 4.12. The van der Waals surface area contributed by atoms with Gasteiger partial charge in [0, 0.05) is 17.4 Å². The molecule has 1 aliphatic rings. The summed E-state index contributed by atoms with van der Waals surface area (Å²) >= 11 is 0. The molecule has 1 amide bonds. The first-order valence-corrected chi connectivity index (χ1v) is 6.28. The Morgan fingerprint density at radius 1 is 1.35 bits per heavy atom. The van der Waals surface area contributed by atoms with E-state index in [2.05, 4.69) is 5.32 Å². The monoisotopic (exact) mass is 279 g/mol. The Hall–Kier alpha value is -2.24. The van der Waals surface area contributed by atoms with E-state index in [-0.39, 0.29) is 24.3 Å². The van der Waals surface area contributed by atoms with Gasteiger partial charge in [0.25, 0.3) is 0 Å². The molecule has 0 spiro atoms. The molecule has 2 atom stereocenters. The van der Waals surface area contributed by atoms with E-state index < -0.39 is 5.97 Å². The fourth-order valence-corrected chi connectivity index (χ4v) is 2.25. The number of hydrogen-bond acceptors (Lipinski definition) is 4. The zero-order valence-electron chi connectivity index (χ0n) is 11.4. The van der Waals surface area contributed by atoms with Crippen LogP contribution >= 0.6 is 0 Å². The first-order valence-electron chi connectivity index (χ1n) is 6.28. The molecule has 6 heteroatoms. The number of rotatable bonds is 6. The van der Waals surface area contributed by atoms with Gasteiger partial charge in [0.1, 0.15) is 18.0 Å². The van der Waals surface area contributed by atoms with E-state index in [0.29, 0.717) is 17.9 Å². The standard InChI is InChI=1S/C14H17NO5/c1-19-8-3-4-12(20-2)10(5-8)9-6-11(9)14(18)15-7-13(16)17/h3-5,9,11H,6-7H2,1-2H3,(H,15,18)(H,16,17). The second kappa shape index (κ2) is 5.81. The maximum absolute atomic E-state index is 11.8. The van der Waals surface area contributed by atoms with Crippen LogP contribution in [0.5, 0.6) is 11.5 Å². The van der Waals surface area contributed by atoms with Gasteiger partial charge in [-0.3, -0.25) is 9.59 Å². The van der Waals surface area contributed by atoms with Crippen LogP contribution in [0.4, 0.5) is 0 Å². The van der Waals surface area contributed by atoms with Crippen molar-refractivity contribution in [2.45, 2.75) is 12.3 Å². The summed E-state index contributed by atoms with van der Waals surface area (Å²) in [5.41, 5.74) is 0.919.